The second-order valence-corrected chi connectivity index (χ2v) is 10.3. The molecule has 1 aliphatic rings. The van der Waals surface area contributed by atoms with Crippen molar-refractivity contribution in [3.8, 4) is 11.5 Å². The van der Waals surface area contributed by atoms with E-state index < -0.39 is 23.7 Å². The van der Waals surface area contributed by atoms with Crippen molar-refractivity contribution in [3.63, 3.8) is 0 Å². The number of carbonyl (C=O) groups excluding carboxylic acids is 2. The maximum atomic E-state index is 14.2. The number of hydrogen-bond acceptors (Lipinski definition) is 7. The molecule has 0 N–H and O–H groups in total. The van der Waals surface area contributed by atoms with Crippen LogP contribution in [0.4, 0.5) is 4.39 Å². The SMILES string of the molecule is CCOC(=O)C(c1ccccc1)N1C(=O)/C(=C\c2ccc(OCc3c(F)cccc3Cl)c(OCC)c2)SC1=S. The van der Waals surface area contributed by atoms with Crippen LogP contribution in [-0.2, 0) is 20.9 Å². The molecule has 1 amide bonds. The first-order valence-electron chi connectivity index (χ1n) is 12.1. The van der Waals surface area contributed by atoms with Crippen molar-refractivity contribution in [1.29, 1.82) is 0 Å². The summed E-state index contributed by atoms with van der Waals surface area (Å²) in [7, 11) is 0. The van der Waals surface area contributed by atoms with Crippen molar-refractivity contribution in [2.45, 2.75) is 26.5 Å². The molecule has 1 heterocycles. The Kier molecular flexibility index (Phi) is 9.61. The molecule has 10 heteroatoms. The standard InChI is InChI=1S/C29H25ClFNO5S2/c1-3-35-24-15-18(13-14-23(24)37-17-20-21(30)11-8-12-22(20)31)16-25-27(33)32(29(38)39-25)26(28(34)36-4-2)19-9-6-5-7-10-19/h5-16,26H,3-4,17H2,1-2H3/b25-16+. The van der Waals surface area contributed by atoms with Gasteiger partial charge in [-0.2, -0.15) is 0 Å². The second kappa shape index (κ2) is 13.1. The fourth-order valence-corrected chi connectivity index (χ4v) is 5.45. The summed E-state index contributed by atoms with van der Waals surface area (Å²) in [5.41, 5.74) is 1.50. The lowest BCUT2D eigenvalue weighted by molar-refractivity contribution is -0.151. The van der Waals surface area contributed by atoms with Crippen molar-refractivity contribution < 1.29 is 28.2 Å². The predicted octanol–water partition coefficient (Wildman–Crippen LogP) is 6.96. The van der Waals surface area contributed by atoms with E-state index in [1.165, 1.54) is 17.0 Å². The molecule has 1 fully saturated rings. The van der Waals surface area contributed by atoms with Gasteiger partial charge in [-0.1, -0.05) is 78.0 Å². The summed E-state index contributed by atoms with van der Waals surface area (Å²) < 4.78 is 31.3. The highest BCUT2D eigenvalue weighted by molar-refractivity contribution is 8.26. The average molecular weight is 586 g/mol. The summed E-state index contributed by atoms with van der Waals surface area (Å²) in [6.07, 6.45) is 1.67. The summed E-state index contributed by atoms with van der Waals surface area (Å²) in [6.45, 7) is 3.98. The smallest absolute Gasteiger partial charge is 0.333 e. The first-order chi connectivity index (χ1) is 18.8. The molecule has 0 bridgehead atoms. The molecule has 1 unspecified atom stereocenters. The Morgan fingerprint density at radius 2 is 1.82 bits per heavy atom. The van der Waals surface area contributed by atoms with Gasteiger partial charge < -0.3 is 14.2 Å². The van der Waals surface area contributed by atoms with Gasteiger partial charge in [0.1, 0.15) is 16.7 Å². The predicted molar refractivity (Wildman–Crippen MR) is 154 cm³/mol. The van der Waals surface area contributed by atoms with Crippen molar-refractivity contribution in [3.05, 3.63) is 99.2 Å². The van der Waals surface area contributed by atoms with Crippen LogP contribution < -0.4 is 9.47 Å². The third-order valence-electron chi connectivity index (χ3n) is 5.71. The number of nitrogens with zero attached hydrogens (tertiary/aromatic N) is 1. The molecule has 3 aromatic rings. The van der Waals surface area contributed by atoms with E-state index in [0.29, 0.717) is 34.1 Å². The summed E-state index contributed by atoms with van der Waals surface area (Å²) in [5.74, 6) is -0.610. The highest BCUT2D eigenvalue weighted by Crippen LogP contribution is 2.40. The zero-order chi connectivity index (χ0) is 27.9. The van der Waals surface area contributed by atoms with Crippen LogP contribution in [0.25, 0.3) is 6.08 Å². The molecular weight excluding hydrogens is 561 g/mol. The highest BCUT2D eigenvalue weighted by Gasteiger charge is 2.42. The molecule has 39 heavy (non-hydrogen) atoms. The summed E-state index contributed by atoms with van der Waals surface area (Å²) >= 11 is 12.7. The van der Waals surface area contributed by atoms with Crippen molar-refractivity contribution in [2.24, 2.45) is 0 Å². The van der Waals surface area contributed by atoms with E-state index in [1.807, 2.05) is 13.0 Å². The minimum absolute atomic E-state index is 0.0850. The molecule has 0 radical (unpaired) electrons. The lowest BCUT2D eigenvalue weighted by Crippen LogP contribution is -2.38. The number of thiocarbonyl (C=S) groups is 1. The Labute approximate surface area is 240 Å². The minimum Gasteiger partial charge on any atom is -0.490 e. The molecule has 202 valence electrons. The number of hydrogen-bond donors (Lipinski definition) is 0. The summed E-state index contributed by atoms with van der Waals surface area (Å²) in [6, 6.07) is 17.5. The van der Waals surface area contributed by atoms with Gasteiger partial charge in [0.15, 0.2) is 17.5 Å². The maximum Gasteiger partial charge on any atom is 0.333 e. The first-order valence-corrected chi connectivity index (χ1v) is 13.8. The number of carbonyl (C=O) groups is 2. The van der Waals surface area contributed by atoms with Crippen molar-refractivity contribution in [2.75, 3.05) is 13.2 Å². The molecular formula is C29H25ClFNO5S2. The Balaban J connectivity index is 1.60. The van der Waals surface area contributed by atoms with Gasteiger partial charge in [0.25, 0.3) is 5.91 Å². The van der Waals surface area contributed by atoms with E-state index in [9.17, 15) is 14.0 Å². The maximum absolute atomic E-state index is 14.2. The Morgan fingerprint density at radius 1 is 1.05 bits per heavy atom. The van der Waals surface area contributed by atoms with Crippen LogP contribution in [0.2, 0.25) is 5.02 Å². The Hall–Kier alpha value is -3.40. The van der Waals surface area contributed by atoms with Gasteiger partial charge in [0.05, 0.1) is 23.1 Å². The van der Waals surface area contributed by atoms with Crippen LogP contribution >= 0.6 is 35.6 Å². The number of rotatable bonds is 10. The zero-order valence-corrected chi connectivity index (χ0v) is 23.6. The largest absolute Gasteiger partial charge is 0.490 e. The number of halogens is 2. The zero-order valence-electron chi connectivity index (χ0n) is 21.2. The van der Waals surface area contributed by atoms with Gasteiger partial charge in [-0.15, -0.1) is 0 Å². The van der Waals surface area contributed by atoms with Crippen molar-refractivity contribution >= 4 is 57.9 Å². The minimum atomic E-state index is -0.996. The quantitative estimate of drug-likeness (QED) is 0.145. The molecule has 1 atom stereocenters. The molecule has 3 aromatic carbocycles. The van der Waals surface area contributed by atoms with Gasteiger partial charge in [-0.25, -0.2) is 9.18 Å². The van der Waals surface area contributed by atoms with Crippen LogP contribution in [0.3, 0.4) is 0 Å². The number of ether oxygens (including phenoxy) is 3. The van der Waals surface area contributed by atoms with Gasteiger partial charge in [-0.05, 0) is 55.3 Å². The Morgan fingerprint density at radius 3 is 2.51 bits per heavy atom. The van der Waals surface area contributed by atoms with E-state index in [1.54, 1.807) is 61.5 Å². The fourth-order valence-electron chi connectivity index (χ4n) is 3.92. The third-order valence-corrected chi connectivity index (χ3v) is 7.39. The van der Waals surface area contributed by atoms with Gasteiger partial charge >= 0.3 is 5.97 Å². The van der Waals surface area contributed by atoms with Crippen LogP contribution in [0.5, 0.6) is 11.5 Å². The molecule has 6 nitrogen and oxygen atoms in total. The number of thioether (sulfide) groups is 1. The topological polar surface area (TPSA) is 65.1 Å². The van der Waals surface area contributed by atoms with Crippen LogP contribution in [0.15, 0.2) is 71.6 Å². The van der Waals surface area contributed by atoms with Gasteiger partial charge in [-0.3, -0.25) is 9.69 Å². The van der Waals surface area contributed by atoms with Gasteiger partial charge in [0, 0.05) is 5.56 Å². The highest BCUT2D eigenvalue weighted by atomic mass is 35.5. The molecule has 1 aliphatic heterocycles. The lowest BCUT2D eigenvalue weighted by atomic mass is 10.1. The van der Waals surface area contributed by atoms with E-state index in [0.717, 1.165) is 11.8 Å². The molecule has 4 rings (SSSR count). The van der Waals surface area contributed by atoms with E-state index in [4.69, 9.17) is 38.0 Å². The second-order valence-electron chi connectivity index (χ2n) is 8.25. The summed E-state index contributed by atoms with van der Waals surface area (Å²) in [5, 5.41) is 0.267. The lowest BCUT2D eigenvalue weighted by Gasteiger charge is -2.25. The number of amides is 1. The molecule has 0 aromatic heterocycles. The van der Waals surface area contributed by atoms with Crippen LogP contribution in [0, 0.1) is 5.82 Å². The van der Waals surface area contributed by atoms with E-state index in [-0.39, 0.29) is 28.1 Å². The van der Waals surface area contributed by atoms with Gasteiger partial charge in [0.2, 0.25) is 0 Å². The molecule has 0 saturated carbocycles. The van der Waals surface area contributed by atoms with E-state index >= 15 is 0 Å². The first kappa shape index (κ1) is 28.6. The third kappa shape index (κ3) is 6.61. The van der Waals surface area contributed by atoms with E-state index in [2.05, 4.69) is 0 Å². The monoisotopic (exact) mass is 585 g/mol. The van der Waals surface area contributed by atoms with Crippen LogP contribution in [0.1, 0.15) is 36.6 Å². The van der Waals surface area contributed by atoms with Crippen LogP contribution in [-0.4, -0.2) is 34.3 Å². The normalized spacial score (nSPS) is 15.0. The number of benzene rings is 3. The molecule has 0 spiro atoms. The fraction of sp³-hybridized carbons (Fsp3) is 0.207. The summed E-state index contributed by atoms with van der Waals surface area (Å²) in [4.78, 5) is 28.0. The van der Waals surface area contributed by atoms with Crippen molar-refractivity contribution in [1.82, 2.24) is 4.90 Å². The average Bonchev–Trinajstić information content (AvgIpc) is 3.18. The molecule has 1 saturated heterocycles. The molecule has 0 aliphatic carbocycles. The number of esters is 1. The Bertz CT molecular complexity index is 1400.